The van der Waals surface area contributed by atoms with Gasteiger partial charge in [0.25, 0.3) is 0 Å². The van der Waals surface area contributed by atoms with Gasteiger partial charge < -0.3 is 4.90 Å². The van der Waals surface area contributed by atoms with E-state index in [4.69, 9.17) is 0 Å². The highest BCUT2D eigenvalue weighted by Gasteiger charge is 2.22. The average Bonchev–Trinajstić information content (AvgIpc) is 2.23. The van der Waals surface area contributed by atoms with Crippen LogP contribution in [0.2, 0.25) is 0 Å². The highest BCUT2D eigenvalue weighted by Crippen LogP contribution is 2.29. The Bertz CT molecular complexity index is 145. The van der Waals surface area contributed by atoms with E-state index in [1.54, 1.807) is 0 Å². The van der Waals surface area contributed by atoms with Gasteiger partial charge in [0, 0.05) is 0 Å². The zero-order valence-corrected chi connectivity index (χ0v) is 9.95. The summed E-state index contributed by atoms with van der Waals surface area (Å²) in [6.07, 6.45) is 5.37. The maximum atomic E-state index is 4.25. The monoisotopic (exact) mass is 201 g/mol. The van der Waals surface area contributed by atoms with E-state index in [2.05, 4.69) is 31.4 Å². The van der Waals surface area contributed by atoms with Crippen molar-refractivity contribution in [2.75, 3.05) is 25.4 Å². The smallest absolute Gasteiger partial charge is 0.00110 e. The Kier molecular flexibility index (Phi) is 4.60. The lowest BCUT2D eigenvalue weighted by molar-refractivity contribution is 0.263. The van der Waals surface area contributed by atoms with Gasteiger partial charge in [-0.1, -0.05) is 13.8 Å². The van der Waals surface area contributed by atoms with Crippen molar-refractivity contribution in [1.29, 1.82) is 0 Å². The number of rotatable bonds is 3. The first kappa shape index (κ1) is 11.4. The molecule has 0 amide bonds. The van der Waals surface area contributed by atoms with Crippen LogP contribution in [0.15, 0.2) is 0 Å². The molecule has 0 aromatic heterocycles. The Labute approximate surface area is 88.3 Å². The molecule has 0 aromatic rings. The Hall–Kier alpha value is 0.310. The second kappa shape index (κ2) is 5.26. The summed E-state index contributed by atoms with van der Waals surface area (Å²) in [7, 11) is 0. The molecule has 0 aromatic carbocycles. The van der Waals surface area contributed by atoms with Crippen molar-refractivity contribution in [3.63, 3.8) is 0 Å². The van der Waals surface area contributed by atoms with E-state index in [1.165, 1.54) is 45.3 Å². The molecule has 0 saturated carbocycles. The van der Waals surface area contributed by atoms with E-state index in [-0.39, 0.29) is 0 Å². The lowest BCUT2D eigenvalue weighted by atomic mass is 9.85. The molecule has 1 nitrogen and oxygen atoms in total. The molecule has 78 valence electrons. The number of hydrogen-bond acceptors (Lipinski definition) is 2. The molecule has 1 rings (SSSR count). The van der Waals surface area contributed by atoms with E-state index < -0.39 is 0 Å². The van der Waals surface area contributed by atoms with Gasteiger partial charge in [0.1, 0.15) is 0 Å². The van der Waals surface area contributed by atoms with Crippen molar-refractivity contribution in [2.45, 2.75) is 39.5 Å². The maximum absolute atomic E-state index is 4.25. The molecule has 1 aliphatic heterocycles. The third kappa shape index (κ3) is 4.37. The molecular weight excluding hydrogens is 178 g/mol. The molecule has 2 heteroatoms. The largest absolute Gasteiger partial charge is 0.303 e. The molecule has 1 heterocycles. The molecule has 1 fully saturated rings. The lowest BCUT2D eigenvalue weighted by Crippen LogP contribution is -2.26. The molecule has 1 aliphatic rings. The summed E-state index contributed by atoms with van der Waals surface area (Å²) in [5.41, 5.74) is 0.579. The van der Waals surface area contributed by atoms with Gasteiger partial charge in [-0.2, -0.15) is 12.6 Å². The van der Waals surface area contributed by atoms with Crippen LogP contribution in [0.5, 0.6) is 0 Å². The van der Waals surface area contributed by atoms with Gasteiger partial charge >= 0.3 is 0 Å². The highest BCUT2D eigenvalue weighted by atomic mass is 32.1. The van der Waals surface area contributed by atoms with Gasteiger partial charge in [0.15, 0.2) is 0 Å². The summed E-state index contributed by atoms with van der Waals surface area (Å²) >= 11 is 4.25. The highest BCUT2D eigenvalue weighted by molar-refractivity contribution is 7.80. The first-order chi connectivity index (χ1) is 6.14. The second-order valence-electron chi connectivity index (χ2n) is 4.94. The Balaban J connectivity index is 2.28. The number of likely N-dealkylation sites (tertiary alicyclic amines) is 1. The zero-order valence-electron chi connectivity index (χ0n) is 9.05. The first-order valence-corrected chi connectivity index (χ1v) is 6.10. The predicted octanol–water partition coefficient (Wildman–Crippen LogP) is 2.82. The topological polar surface area (TPSA) is 3.24 Å². The molecule has 0 spiro atoms. The molecule has 0 unspecified atom stereocenters. The van der Waals surface area contributed by atoms with Gasteiger partial charge in [-0.25, -0.2) is 0 Å². The summed E-state index contributed by atoms with van der Waals surface area (Å²) in [6, 6.07) is 0. The lowest BCUT2D eigenvalue weighted by Gasteiger charge is -2.23. The molecule has 0 atom stereocenters. The third-order valence-corrected chi connectivity index (χ3v) is 3.38. The fourth-order valence-corrected chi connectivity index (χ4v) is 2.14. The SMILES string of the molecule is CC1(C)CCCN(CCCS)CC1. The van der Waals surface area contributed by atoms with E-state index in [0.717, 1.165) is 5.75 Å². The van der Waals surface area contributed by atoms with Crippen LogP contribution in [0.3, 0.4) is 0 Å². The molecule has 0 N–H and O–H groups in total. The van der Waals surface area contributed by atoms with E-state index in [9.17, 15) is 0 Å². The standard InChI is InChI=1S/C11H23NS/c1-11(2)5-3-7-12(9-6-11)8-4-10-13/h13H,3-10H2,1-2H3. The number of nitrogens with zero attached hydrogens (tertiary/aromatic N) is 1. The Morgan fingerprint density at radius 1 is 1.23 bits per heavy atom. The summed E-state index contributed by atoms with van der Waals surface area (Å²) in [6.45, 7) is 8.64. The maximum Gasteiger partial charge on any atom is -0.00110 e. The molecule has 0 bridgehead atoms. The Morgan fingerprint density at radius 3 is 2.69 bits per heavy atom. The van der Waals surface area contributed by atoms with Crippen LogP contribution in [0, 0.1) is 5.41 Å². The minimum absolute atomic E-state index is 0.579. The molecular formula is C11H23NS. The summed E-state index contributed by atoms with van der Waals surface area (Å²) < 4.78 is 0. The fourth-order valence-electron chi connectivity index (χ4n) is 2.00. The Morgan fingerprint density at radius 2 is 2.00 bits per heavy atom. The van der Waals surface area contributed by atoms with E-state index in [0.29, 0.717) is 5.41 Å². The molecule has 1 saturated heterocycles. The van der Waals surface area contributed by atoms with Crippen LogP contribution in [0.25, 0.3) is 0 Å². The second-order valence-corrected chi connectivity index (χ2v) is 5.38. The van der Waals surface area contributed by atoms with E-state index in [1.807, 2.05) is 0 Å². The minimum atomic E-state index is 0.579. The fraction of sp³-hybridized carbons (Fsp3) is 1.00. The molecule has 0 aliphatic carbocycles. The van der Waals surface area contributed by atoms with Crippen molar-refractivity contribution in [2.24, 2.45) is 5.41 Å². The van der Waals surface area contributed by atoms with Gasteiger partial charge in [-0.3, -0.25) is 0 Å². The molecule has 0 radical (unpaired) electrons. The van der Waals surface area contributed by atoms with Crippen molar-refractivity contribution >= 4 is 12.6 Å². The van der Waals surface area contributed by atoms with Crippen molar-refractivity contribution in [1.82, 2.24) is 4.90 Å². The van der Waals surface area contributed by atoms with Crippen LogP contribution in [0.4, 0.5) is 0 Å². The summed E-state index contributed by atoms with van der Waals surface area (Å²) in [5, 5.41) is 0. The number of thiol groups is 1. The normalized spacial score (nSPS) is 24.2. The summed E-state index contributed by atoms with van der Waals surface area (Å²) in [4.78, 5) is 2.60. The van der Waals surface area contributed by atoms with Crippen LogP contribution in [0.1, 0.15) is 39.5 Å². The van der Waals surface area contributed by atoms with Crippen molar-refractivity contribution < 1.29 is 0 Å². The van der Waals surface area contributed by atoms with E-state index >= 15 is 0 Å². The summed E-state index contributed by atoms with van der Waals surface area (Å²) in [5.74, 6) is 1.03. The number of hydrogen-bond donors (Lipinski definition) is 1. The minimum Gasteiger partial charge on any atom is -0.303 e. The first-order valence-electron chi connectivity index (χ1n) is 5.47. The van der Waals surface area contributed by atoms with Crippen LogP contribution in [-0.4, -0.2) is 30.3 Å². The van der Waals surface area contributed by atoms with Gasteiger partial charge in [-0.15, -0.1) is 0 Å². The zero-order chi connectivity index (χ0) is 9.73. The van der Waals surface area contributed by atoms with Crippen LogP contribution in [-0.2, 0) is 0 Å². The predicted molar refractivity (Wildman–Crippen MR) is 62.5 cm³/mol. The van der Waals surface area contributed by atoms with Crippen LogP contribution >= 0.6 is 12.6 Å². The van der Waals surface area contributed by atoms with Gasteiger partial charge in [0.05, 0.1) is 0 Å². The quantitative estimate of drug-likeness (QED) is 0.687. The van der Waals surface area contributed by atoms with Crippen molar-refractivity contribution in [3.05, 3.63) is 0 Å². The average molecular weight is 201 g/mol. The van der Waals surface area contributed by atoms with Crippen molar-refractivity contribution in [3.8, 4) is 0 Å². The van der Waals surface area contributed by atoms with Gasteiger partial charge in [0.2, 0.25) is 0 Å². The third-order valence-electron chi connectivity index (χ3n) is 3.07. The molecule has 13 heavy (non-hydrogen) atoms. The van der Waals surface area contributed by atoms with Gasteiger partial charge in [-0.05, 0) is 56.5 Å². The van der Waals surface area contributed by atoms with Crippen LogP contribution < -0.4 is 0 Å².